The quantitative estimate of drug-likeness (QED) is 0.434. The van der Waals surface area contributed by atoms with Crippen molar-refractivity contribution in [2.75, 3.05) is 33.9 Å². The molecule has 0 N–H and O–H groups in total. The second-order valence-electron chi connectivity index (χ2n) is 9.38. The number of nitriles is 1. The lowest BCUT2D eigenvalue weighted by atomic mass is 9.92. The zero-order valence-electron chi connectivity index (χ0n) is 21.4. The summed E-state index contributed by atoms with van der Waals surface area (Å²) in [5.41, 5.74) is 2.09. The summed E-state index contributed by atoms with van der Waals surface area (Å²) in [5.74, 6) is -0.0553. The molecular weight excluding hydrogens is 508 g/mol. The van der Waals surface area contributed by atoms with Gasteiger partial charge in [-0.1, -0.05) is 17.7 Å². The van der Waals surface area contributed by atoms with Crippen LogP contribution < -0.4 is 5.56 Å². The molecule has 0 saturated carbocycles. The molecule has 198 valence electrons. The smallest absolute Gasteiger partial charge is 0.261 e. The monoisotopic (exact) mass is 536 g/mol. The summed E-state index contributed by atoms with van der Waals surface area (Å²) in [6.07, 6.45) is 4.84. The van der Waals surface area contributed by atoms with Gasteiger partial charge in [-0.15, -0.1) is 0 Å². The molecule has 1 aromatic carbocycles. The Morgan fingerprint density at radius 1 is 1.24 bits per heavy atom. The number of ether oxygens (including phenoxy) is 1. The number of pyridine rings is 1. The summed E-state index contributed by atoms with van der Waals surface area (Å²) in [6, 6.07) is 8.78. The Morgan fingerprint density at radius 3 is 2.68 bits per heavy atom. The van der Waals surface area contributed by atoms with Crippen LogP contribution in [0.25, 0.3) is 10.9 Å². The van der Waals surface area contributed by atoms with Crippen molar-refractivity contribution in [3.63, 3.8) is 0 Å². The number of carbonyl (C=O) groups excluding carboxylic acids is 2. The van der Waals surface area contributed by atoms with E-state index in [0.717, 1.165) is 24.1 Å². The van der Waals surface area contributed by atoms with E-state index >= 15 is 0 Å². The number of halogens is 1. The number of benzene rings is 1. The lowest BCUT2D eigenvalue weighted by Gasteiger charge is -2.31. The first-order chi connectivity index (χ1) is 18.3. The highest BCUT2D eigenvalue weighted by atomic mass is 35.5. The maximum Gasteiger partial charge on any atom is 0.261 e. The van der Waals surface area contributed by atoms with Gasteiger partial charge >= 0.3 is 0 Å². The number of likely N-dealkylation sites (tertiary alicyclic amines) is 1. The maximum absolute atomic E-state index is 13.2. The van der Waals surface area contributed by atoms with Gasteiger partial charge in [0.1, 0.15) is 12.6 Å². The number of carbonyl (C=O) groups is 2. The lowest BCUT2D eigenvalue weighted by molar-refractivity contribution is -0.133. The Bertz CT molecular complexity index is 1440. The Kier molecular flexibility index (Phi) is 8.71. The molecule has 2 aromatic heterocycles. The van der Waals surface area contributed by atoms with Gasteiger partial charge in [-0.05, 0) is 36.6 Å². The van der Waals surface area contributed by atoms with E-state index < -0.39 is 0 Å². The molecule has 0 spiro atoms. The number of methoxy groups -OCH3 is 1. The van der Waals surface area contributed by atoms with Crippen LogP contribution in [0.2, 0.25) is 5.02 Å². The third-order valence-electron chi connectivity index (χ3n) is 6.82. The van der Waals surface area contributed by atoms with Crippen LogP contribution in [0.3, 0.4) is 0 Å². The zero-order chi connectivity index (χ0) is 27.2. The van der Waals surface area contributed by atoms with Crippen LogP contribution in [0.15, 0.2) is 41.6 Å². The van der Waals surface area contributed by atoms with Crippen LogP contribution in [0.4, 0.5) is 0 Å². The molecule has 1 aliphatic heterocycles. The predicted molar refractivity (Wildman–Crippen MR) is 141 cm³/mol. The number of likely N-dealkylation sites (N-methyl/N-ethyl adjacent to an activating group) is 1. The molecule has 10 nitrogen and oxygen atoms in total. The first-order valence-corrected chi connectivity index (χ1v) is 12.7. The highest BCUT2D eigenvalue weighted by Gasteiger charge is 2.25. The molecule has 0 aliphatic carbocycles. The summed E-state index contributed by atoms with van der Waals surface area (Å²) in [6.45, 7) is 1.79. The van der Waals surface area contributed by atoms with Crippen molar-refractivity contribution in [2.24, 2.45) is 0 Å². The fourth-order valence-electron chi connectivity index (χ4n) is 4.56. The molecule has 0 radical (unpaired) electrons. The van der Waals surface area contributed by atoms with Crippen molar-refractivity contribution in [3.05, 3.63) is 69.0 Å². The fraction of sp³-hybridized carbons (Fsp3) is 0.407. The van der Waals surface area contributed by atoms with Crippen molar-refractivity contribution in [1.29, 1.82) is 5.26 Å². The van der Waals surface area contributed by atoms with Gasteiger partial charge in [0.2, 0.25) is 11.8 Å². The minimum absolute atomic E-state index is 0.0840. The van der Waals surface area contributed by atoms with Gasteiger partial charge in [0.05, 0.1) is 47.0 Å². The minimum atomic E-state index is -0.311. The van der Waals surface area contributed by atoms with E-state index in [4.69, 9.17) is 21.6 Å². The molecule has 0 bridgehead atoms. The van der Waals surface area contributed by atoms with E-state index in [1.807, 2.05) is 11.0 Å². The van der Waals surface area contributed by atoms with Gasteiger partial charge in [0.15, 0.2) is 0 Å². The Balaban J connectivity index is 1.44. The number of fused-ring (bicyclic) bond motifs is 1. The van der Waals surface area contributed by atoms with Crippen molar-refractivity contribution >= 4 is 34.3 Å². The van der Waals surface area contributed by atoms with Gasteiger partial charge in [-0.3, -0.25) is 23.9 Å². The second-order valence-corrected chi connectivity index (χ2v) is 9.78. The summed E-state index contributed by atoms with van der Waals surface area (Å²) in [7, 11) is 3.22. The maximum atomic E-state index is 13.2. The Morgan fingerprint density at radius 2 is 2.00 bits per heavy atom. The average Bonchev–Trinajstić information content (AvgIpc) is 2.93. The number of hydrogen-bond donors (Lipinski definition) is 0. The summed E-state index contributed by atoms with van der Waals surface area (Å²) in [5, 5.41) is 9.77. The largest absolute Gasteiger partial charge is 0.384 e. The molecule has 4 rings (SSSR count). The van der Waals surface area contributed by atoms with Crippen LogP contribution in [-0.2, 0) is 27.4 Å². The van der Waals surface area contributed by atoms with E-state index in [-0.39, 0.29) is 36.4 Å². The standard InChI is InChI=1S/C27H29ClN6O4/c1-32(15-18-3-4-20(13-29)22(28)11-18)26(36)16-34-17-31-24-14-30-23(12-21(24)27(34)37)19-5-8-33(9-6-19)25(35)7-10-38-2/h3-4,11-12,14,17,19H,5-10,15-16H2,1-2H3. The van der Waals surface area contributed by atoms with E-state index in [1.165, 1.54) is 15.8 Å². The molecule has 2 amide bonds. The fourth-order valence-corrected chi connectivity index (χ4v) is 4.81. The first kappa shape index (κ1) is 27.2. The molecule has 1 aliphatic rings. The van der Waals surface area contributed by atoms with Crippen molar-refractivity contribution in [3.8, 4) is 6.07 Å². The third-order valence-corrected chi connectivity index (χ3v) is 7.14. The number of nitrogens with zero attached hydrogens (tertiary/aromatic N) is 6. The number of hydrogen-bond acceptors (Lipinski definition) is 7. The Labute approximate surface area is 225 Å². The van der Waals surface area contributed by atoms with Crippen molar-refractivity contribution in [1.82, 2.24) is 24.3 Å². The number of rotatable bonds is 8. The average molecular weight is 537 g/mol. The molecule has 3 heterocycles. The molecule has 0 atom stereocenters. The highest BCUT2D eigenvalue weighted by Crippen LogP contribution is 2.28. The van der Waals surface area contributed by atoms with E-state index in [0.29, 0.717) is 47.6 Å². The molecule has 3 aromatic rings. The first-order valence-electron chi connectivity index (χ1n) is 12.3. The minimum Gasteiger partial charge on any atom is -0.384 e. The van der Waals surface area contributed by atoms with E-state index in [2.05, 4.69) is 9.97 Å². The van der Waals surface area contributed by atoms with Crippen LogP contribution >= 0.6 is 11.6 Å². The Hall–Kier alpha value is -3.81. The molecule has 0 unspecified atom stereocenters. The van der Waals surface area contributed by atoms with E-state index in [1.54, 1.807) is 44.6 Å². The number of piperidine rings is 1. The van der Waals surface area contributed by atoms with E-state index in [9.17, 15) is 14.4 Å². The van der Waals surface area contributed by atoms with Crippen molar-refractivity contribution < 1.29 is 14.3 Å². The normalized spacial score (nSPS) is 13.9. The summed E-state index contributed by atoms with van der Waals surface area (Å²) >= 11 is 6.10. The molecule has 38 heavy (non-hydrogen) atoms. The molecule has 1 saturated heterocycles. The highest BCUT2D eigenvalue weighted by molar-refractivity contribution is 6.31. The zero-order valence-corrected chi connectivity index (χ0v) is 22.1. The molecular formula is C27H29ClN6O4. The van der Waals surface area contributed by atoms with Crippen molar-refractivity contribution in [2.45, 2.75) is 38.3 Å². The van der Waals surface area contributed by atoms with Crippen LogP contribution in [0, 0.1) is 11.3 Å². The SMILES string of the molecule is COCCC(=O)N1CCC(c2cc3c(=O)n(CC(=O)N(C)Cc4ccc(C#N)c(Cl)c4)cnc3cn2)CC1. The topological polar surface area (TPSA) is 121 Å². The lowest BCUT2D eigenvalue weighted by Crippen LogP contribution is -2.38. The summed E-state index contributed by atoms with van der Waals surface area (Å²) in [4.78, 5) is 50.6. The third kappa shape index (κ3) is 6.18. The van der Waals surface area contributed by atoms with Gasteiger partial charge in [-0.25, -0.2) is 4.98 Å². The van der Waals surface area contributed by atoms with Gasteiger partial charge < -0.3 is 14.5 Å². The van der Waals surface area contributed by atoms with Crippen LogP contribution in [0.1, 0.15) is 42.0 Å². The molecule has 11 heteroatoms. The predicted octanol–water partition coefficient (Wildman–Crippen LogP) is 2.72. The van der Waals surface area contributed by atoms with Gasteiger partial charge in [0, 0.05) is 45.4 Å². The molecule has 1 fully saturated rings. The van der Waals surface area contributed by atoms with Gasteiger partial charge in [-0.2, -0.15) is 5.26 Å². The van der Waals surface area contributed by atoms with Crippen LogP contribution in [-0.4, -0.2) is 70.0 Å². The number of aromatic nitrogens is 3. The second kappa shape index (κ2) is 12.2. The van der Waals surface area contributed by atoms with Crippen LogP contribution in [0.5, 0.6) is 0 Å². The number of amides is 2. The summed E-state index contributed by atoms with van der Waals surface area (Å²) < 4.78 is 6.30. The van der Waals surface area contributed by atoms with Gasteiger partial charge in [0.25, 0.3) is 5.56 Å².